The maximum absolute atomic E-state index is 13.8. The van der Waals surface area contributed by atoms with Crippen molar-refractivity contribution in [2.75, 3.05) is 0 Å². The molecule has 0 radical (unpaired) electrons. The molecule has 0 bridgehead atoms. The third-order valence-corrected chi connectivity index (χ3v) is 3.46. The second kappa shape index (κ2) is 6.33. The number of aryl methyl sites for hydroxylation is 1. The normalized spacial score (nSPS) is 12.4. The van der Waals surface area contributed by atoms with Crippen LogP contribution in [0.2, 0.25) is 5.02 Å². The Balaban J connectivity index is 2.31. The van der Waals surface area contributed by atoms with Crippen molar-refractivity contribution < 1.29 is 13.9 Å². The Hall–Kier alpha value is -1.45. The zero-order valence-electron chi connectivity index (χ0n) is 11.0. The largest absolute Gasteiger partial charge is 0.384 e. The van der Waals surface area contributed by atoms with Gasteiger partial charge in [-0.3, -0.25) is 0 Å². The number of halogens is 3. The van der Waals surface area contributed by atoms with E-state index in [1.807, 2.05) is 12.1 Å². The van der Waals surface area contributed by atoms with Gasteiger partial charge in [0.1, 0.15) is 17.7 Å². The third-order valence-electron chi connectivity index (χ3n) is 3.17. The highest BCUT2D eigenvalue weighted by atomic mass is 35.5. The minimum Gasteiger partial charge on any atom is -0.384 e. The summed E-state index contributed by atoms with van der Waals surface area (Å²) in [6.07, 6.45) is 0.761. The van der Waals surface area contributed by atoms with Gasteiger partial charge in [0.05, 0.1) is 5.02 Å². The summed E-state index contributed by atoms with van der Waals surface area (Å²) < 4.78 is 27.1. The molecule has 1 unspecified atom stereocenters. The zero-order chi connectivity index (χ0) is 14.7. The van der Waals surface area contributed by atoms with E-state index in [4.69, 9.17) is 11.6 Å². The van der Waals surface area contributed by atoms with Gasteiger partial charge in [-0.1, -0.05) is 49.2 Å². The summed E-state index contributed by atoms with van der Waals surface area (Å²) in [5.74, 6) is -1.47. The first-order chi connectivity index (χ1) is 9.52. The van der Waals surface area contributed by atoms with Gasteiger partial charge in [0.2, 0.25) is 0 Å². The van der Waals surface area contributed by atoms with Gasteiger partial charge in [0.25, 0.3) is 0 Å². The van der Waals surface area contributed by atoms with Crippen molar-refractivity contribution in [3.63, 3.8) is 0 Å². The number of hydrogen-bond donors (Lipinski definition) is 1. The van der Waals surface area contributed by atoms with E-state index in [1.54, 1.807) is 12.1 Å². The Labute approximate surface area is 121 Å². The van der Waals surface area contributed by atoms with Gasteiger partial charge in [-0.2, -0.15) is 0 Å². The lowest BCUT2D eigenvalue weighted by atomic mass is 9.99. The minimum atomic E-state index is -1.21. The molecule has 1 atom stereocenters. The molecule has 0 saturated heterocycles. The van der Waals surface area contributed by atoms with Crippen LogP contribution in [0.4, 0.5) is 8.78 Å². The van der Waals surface area contributed by atoms with Crippen molar-refractivity contribution in [3.8, 4) is 0 Å². The topological polar surface area (TPSA) is 20.2 Å². The Bertz CT molecular complexity index is 596. The lowest BCUT2D eigenvalue weighted by Crippen LogP contribution is -2.04. The number of hydrogen-bond acceptors (Lipinski definition) is 1. The van der Waals surface area contributed by atoms with Crippen LogP contribution in [0, 0.1) is 11.6 Å². The van der Waals surface area contributed by atoms with Crippen molar-refractivity contribution in [1.29, 1.82) is 0 Å². The number of aliphatic hydroxyl groups is 1. The van der Waals surface area contributed by atoms with E-state index in [1.165, 1.54) is 0 Å². The Morgan fingerprint density at radius 1 is 1.10 bits per heavy atom. The fourth-order valence-corrected chi connectivity index (χ4v) is 2.23. The smallest absolute Gasteiger partial charge is 0.142 e. The summed E-state index contributed by atoms with van der Waals surface area (Å²) >= 11 is 5.50. The lowest BCUT2D eigenvalue weighted by molar-refractivity contribution is 0.214. The highest BCUT2D eigenvalue weighted by Gasteiger charge is 2.17. The fraction of sp³-hybridized carbons (Fsp3) is 0.250. The molecule has 0 spiro atoms. The summed E-state index contributed by atoms with van der Waals surface area (Å²) in [5.41, 5.74) is 1.55. The molecule has 20 heavy (non-hydrogen) atoms. The Morgan fingerprint density at radius 3 is 2.35 bits per heavy atom. The number of benzene rings is 2. The van der Waals surface area contributed by atoms with Crippen LogP contribution >= 0.6 is 11.6 Å². The average molecular weight is 297 g/mol. The van der Waals surface area contributed by atoms with Gasteiger partial charge in [-0.25, -0.2) is 8.78 Å². The zero-order valence-corrected chi connectivity index (χ0v) is 11.8. The Kier molecular flexibility index (Phi) is 4.73. The molecule has 2 aromatic rings. The van der Waals surface area contributed by atoms with E-state index in [9.17, 15) is 13.9 Å². The number of rotatable bonds is 4. The van der Waals surface area contributed by atoms with Crippen LogP contribution < -0.4 is 0 Å². The van der Waals surface area contributed by atoms with Crippen LogP contribution in [-0.4, -0.2) is 5.11 Å². The predicted octanol–water partition coefficient (Wildman–Crippen LogP) is 4.65. The van der Waals surface area contributed by atoms with Crippen LogP contribution in [0.1, 0.15) is 36.1 Å². The molecule has 0 heterocycles. The molecule has 0 amide bonds. The summed E-state index contributed by atoms with van der Waals surface area (Å²) in [6, 6.07) is 9.02. The highest BCUT2D eigenvalue weighted by Crippen LogP contribution is 2.28. The van der Waals surface area contributed by atoms with E-state index in [-0.39, 0.29) is 10.6 Å². The highest BCUT2D eigenvalue weighted by molar-refractivity contribution is 6.30. The molecule has 4 heteroatoms. The van der Waals surface area contributed by atoms with Crippen molar-refractivity contribution in [2.24, 2.45) is 0 Å². The molecule has 1 N–H and O–H groups in total. The van der Waals surface area contributed by atoms with Crippen molar-refractivity contribution in [2.45, 2.75) is 25.9 Å². The molecule has 2 aromatic carbocycles. The van der Waals surface area contributed by atoms with E-state index < -0.39 is 17.7 Å². The standard InChI is InChI=1S/C16H15ClF2O/c1-2-3-10-4-6-11(7-5-10)16(20)12-8-15(19)13(17)9-14(12)18/h4-9,16,20H,2-3H2,1H3. The van der Waals surface area contributed by atoms with Gasteiger partial charge < -0.3 is 5.11 Å². The van der Waals surface area contributed by atoms with Gasteiger partial charge in [0.15, 0.2) is 0 Å². The molecule has 0 fully saturated rings. The van der Waals surface area contributed by atoms with Gasteiger partial charge >= 0.3 is 0 Å². The van der Waals surface area contributed by atoms with Crippen LogP contribution in [0.5, 0.6) is 0 Å². The van der Waals surface area contributed by atoms with Crippen LogP contribution in [0.15, 0.2) is 36.4 Å². The van der Waals surface area contributed by atoms with Crippen molar-refractivity contribution in [3.05, 3.63) is 69.7 Å². The van der Waals surface area contributed by atoms with E-state index in [0.717, 1.165) is 30.5 Å². The molecule has 0 aliphatic carbocycles. The molecule has 0 aliphatic rings. The van der Waals surface area contributed by atoms with Gasteiger partial charge in [-0.15, -0.1) is 0 Å². The summed E-state index contributed by atoms with van der Waals surface area (Å²) in [5, 5.41) is 9.86. The molecule has 0 aromatic heterocycles. The number of aliphatic hydroxyl groups excluding tert-OH is 1. The summed E-state index contributed by atoms with van der Waals surface area (Å²) in [4.78, 5) is 0. The van der Waals surface area contributed by atoms with Crippen LogP contribution in [-0.2, 0) is 6.42 Å². The first-order valence-corrected chi connectivity index (χ1v) is 6.82. The first-order valence-electron chi connectivity index (χ1n) is 6.44. The molecule has 106 valence electrons. The second-order valence-electron chi connectivity index (χ2n) is 4.68. The summed E-state index contributed by atoms with van der Waals surface area (Å²) in [6.45, 7) is 2.08. The fourth-order valence-electron chi connectivity index (χ4n) is 2.08. The maximum atomic E-state index is 13.8. The molecule has 0 saturated carbocycles. The second-order valence-corrected chi connectivity index (χ2v) is 5.09. The average Bonchev–Trinajstić information content (AvgIpc) is 2.43. The molecular weight excluding hydrogens is 282 g/mol. The van der Waals surface area contributed by atoms with Gasteiger partial charge in [-0.05, 0) is 29.7 Å². The van der Waals surface area contributed by atoms with Crippen molar-refractivity contribution in [1.82, 2.24) is 0 Å². The predicted molar refractivity (Wildman–Crippen MR) is 75.9 cm³/mol. The Morgan fingerprint density at radius 2 is 1.75 bits per heavy atom. The molecular formula is C16H15ClF2O. The first kappa shape index (κ1) is 14.9. The monoisotopic (exact) mass is 296 g/mol. The maximum Gasteiger partial charge on any atom is 0.142 e. The lowest BCUT2D eigenvalue weighted by Gasteiger charge is -2.13. The van der Waals surface area contributed by atoms with E-state index >= 15 is 0 Å². The summed E-state index contributed by atoms with van der Waals surface area (Å²) in [7, 11) is 0. The van der Waals surface area contributed by atoms with Gasteiger partial charge in [0, 0.05) is 5.56 Å². The van der Waals surface area contributed by atoms with Crippen LogP contribution in [0.3, 0.4) is 0 Å². The molecule has 2 rings (SSSR count). The molecule has 0 aliphatic heterocycles. The SMILES string of the molecule is CCCc1ccc(C(O)c2cc(F)c(Cl)cc2F)cc1. The van der Waals surface area contributed by atoms with Crippen LogP contribution in [0.25, 0.3) is 0 Å². The minimum absolute atomic E-state index is 0.116. The third kappa shape index (κ3) is 3.17. The van der Waals surface area contributed by atoms with Crippen molar-refractivity contribution >= 4 is 11.6 Å². The quantitative estimate of drug-likeness (QED) is 0.814. The molecule has 1 nitrogen and oxygen atoms in total. The van der Waals surface area contributed by atoms with E-state index in [0.29, 0.717) is 5.56 Å². The van der Waals surface area contributed by atoms with E-state index in [2.05, 4.69) is 6.92 Å².